The van der Waals surface area contributed by atoms with Crippen molar-refractivity contribution in [2.45, 2.75) is 23.8 Å². The van der Waals surface area contributed by atoms with E-state index in [0.717, 1.165) is 10.9 Å². The Morgan fingerprint density at radius 2 is 1.95 bits per heavy atom. The van der Waals surface area contributed by atoms with Crippen molar-refractivity contribution >= 4 is 21.8 Å². The van der Waals surface area contributed by atoms with E-state index in [4.69, 9.17) is 4.74 Å². The molecule has 1 aliphatic rings. The van der Waals surface area contributed by atoms with Gasteiger partial charge < -0.3 is 14.7 Å². The highest BCUT2D eigenvalue weighted by Gasteiger charge is 2.32. The number of amides is 1. The molecule has 0 aliphatic carbocycles. The molecule has 1 aromatic carbocycles. The van der Waals surface area contributed by atoms with E-state index in [1.165, 1.54) is 0 Å². The molecule has 1 fully saturated rings. The van der Waals surface area contributed by atoms with Crippen molar-refractivity contribution in [2.75, 3.05) is 26.8 Å². The van der Waals surface area contributed by atoms with Crippen LogP contribution in [0.1, 0.15) is 28.8 Å². The lowest BCUT2D eigenvalue weighted by atomic mass is 9.93. The molecule has 0 saturated carbocycles. The smallest absolute Gasteiger partial charge is 0.253 e. The molecule has 1 aliphatic heterocycles. The number of carbonyl (C=O) groups is 1. The second-order valence-corrected chi connectivity index (χ2v) is 5.89. The maximum atomic E-state index is 12.3. The molecule has 1 aromatic rings. The minimum absolute atomic E-state index is 0.0639. The fraction of sp³-hybridized carbons (Fsp3) is 0.533. The van der Waals surface area contributed by atoms with Gasteiger partial charge in [0.15, 0.2) is 0 Å². The second-order valence-electron chi connectivity index (χ2n) is 5.33. The summed E-state index contributed by atoms with van der Waals surface area (Å²) < 4.78 is 5.25. The summed E-state index contributed by atoms with van der Waals surface area (Å²) in [5.41, 5.74) is 0.957. The highest BCUT2D eigenvalue weighted by molar-refractivity contribution is 9.08. The van der Waals surface area contributed by atoms with Gasteiger partial charge in [0.1, 0.15) is 0 Å². The molecule has 1 amide bonds. The Bertz CT molecular complexity index is 455. The van der Waals surface area contributed by atoms with Gasteiger partial charge in [-0.15, -0.1) is 0 Å². The normalized spacial score (nSPS) is 17.8. The molecular formula is C15H20BrNO3. The predicted molar refractivity (Wildman–Crippen MR) is 81.0 cm³/mol. The third kappa shape index (κ3) is 3.81. The number of hydrogen-bond acceptors (Lipinski definition) is 3. The van der Waals surface area contributed by atoms with Crippen molar-refractivity contribution in [1.29, 1.82) is 0 Å². The van der Waals surface area contributed by atoms with E-state index < -0.39 is 5.60 Å². The summed E-state index contributed by atoms with van der Waals surface area (Å²) in [6.45, 7) is 1.45. The molecule has 0 aromatic heterocycles. The number of rotatable bonds is 4. The monoisotopic (exact) mass is 341 g/mol. The molecular weight excluding hydrogens is 322 g/mol. The van der Waals surface area contributed by atoms with E-state index in [0.29, 0.717) is 38.2 Å². The van der Waals surface area contributed by atoms with Gasteiger partial charge in [0.2, 0.25) is 0 Å². The van der Waals surface area contributed by atoms with E-state index in [1.807, 2.05) is 24.3 Å². The summed E-state index contributed by atoms with van der Waals surface area (Å²) in [4.78, 5) is 13.9. The first-order chi connectivity index (χ1) is 9.54. The Morgan fingerprint density at radius 1 is 1.35 bits per heavy atom. The van der Waals surface area contributed by atoms with Crippen LogP contribution in [-0.2, 0) is 10.1 Å². The Kier molecular flexibility index (Phi) is 5.18. The van der Waals surface area contributed by atoms with E-state index in [-0.39, 0.29) is 5.91 Å². The standard InChI is InChI=1S/C15H20BrNO3/c1-17(11-15(19)6-8-20-9-7-15)14(18)13-4-2-12(10-16)3-5-13/h2-5,19H,6-11H2,1H3. The summed E-state index contributed by atoms with van der Waals surface area (Å²) >= 11 is 3.38. The van der Waals surface area contributed by atoms with Gasteiger partial charge in [-0.3, -0.25) is 4.79 Å². The Labute approximate surface area is 127 Å². The van der Waals surface area contributed by atoms with Crippen LogP contribution in [-0.4, -0.2) is 48.3 Å². The number of carbonyl (C=O) groups excluding carboxylic acids is 1. The average molecular weight is 342 g/mol. The number of alkyl halides is 1. The zero-order chi connectivity index (χ0) is 14.6. The minimum Gasteiger partial charge on any atom is -0.388 e. The van der Waals surface area contributed by atoms with E-state index in [1.54, 1.807) is 11.9 Å². The van der Waals surface area contributed by atoms with Crippen LogP contribution in [0.3, 0.4) is 0 Å². The lowest BCUT2D eigenvalue weighted by molar-refractivity contribution is -0.0734. The van der Waals surface area contributed by atoms with Crippen LogP contribution >= 0.6 is 15.9 Å². The van der Waals surface area contributed by atoms with Gasteiger partial charge in [0.05, 0.1) is 5.60 Å². The average Bonchev–Trinajstić information content (AvgIpc) is 2.47. The fourth-order valence-corrected chi connectivity index (χ4v) is 2.75. The van der Waals surface area contributed by atoms with Gasteiger partial charge in [-0.25, -0.2) is 0 Å². The highest BCUT2D eigenvalue weighted by Crippen LogP contribution is 2.22. The molecule has 5 heteroatoms. The van der Waals surface area contributed by atoms with Crippen molar-refractivity contribution < 1.29 is 14.6 Å². The second kappa shape index (κ2) is 6.70. The third-order valence-electron chi connectivity index (χ3n) is 3.66. The van der Waals surface area contributed by atoms with E-state index >= 15 is 0 Å². The maximum Gasteiger partial charge on any atom is 0.253 e. The van der Waals surface area contributed by atoms with Crippen LogP contribution in [0.2, 0.25) is 0 Å². The highest BCUT2D eigenvalue weighted by atomic mass is 79.9. The molecule has 0 unspecified atom stereocenters. The van der Waals surface area contributed by atoms with Gasteiger partial charge in [-0.05, 0) is 17.7 Å². The first kappa shape index (κ1) is 15.5. The molecule has 0 bridgehead atoms. The largest absolute Gasteiger partial charge is 0.388 e. The first-order valence-electron chi connectivity index (χ1n) is 6.74. The lowest BCUT2D eigenvalue weighted by Crippen LogP contribution is -2.47. The van der Waals surface area contributed by atoms with Gasteiger partial charge in [0.25, 0.3) is 5.91 Å². The minimum atomic E-state index is -0.821. The topological polar surface area (TPSA) is 49.8 Å². The summed E-state index contributed by atoms with van der Waals surface area (Å²) in [6.07, 6.45) is 1.15. The first-order valence-corrected chi connectivity index (χ1v) is 7.87. The molecule has 0 spiro atoms. The number of hydrogen-bond donors (Lipinski definition) is 1. The van der Waals surface area contributed by atoms with E-state index in [9.17, 15) is 9.90 Å². The Balaban J connectivity index is 2.00. The molecule has 1 heterocycles. The number of aliphatic hydroxyl groups is 1. The fourth-order valence-electron chi connectivity index (χ4n) is 2.38. The molecule has 0 radical (unpaired) electrons. The van der Waals surface area contributed by atoms with Crippen LogP contribution in [0.25, 0.3) is 0 Å². The summed E-state index contributed by atoms with van der Waals surface area (Å²) in [5, 5.41) is 11.2. The molecule has 1 saturated heterocycles. The van der Waals surface area contributed by atoms with Crippen LogP contribution in [0.5, 0.6) is 0 Å². The van der Waals surface area contributed by atoms with Crippen LogP contribution < -0.4 is 0 Å². The third-order valence-corrected chi connectivity index (χ3v) is 4.30. The SMILES string of the molecule is CN(CC1(O)CCOCC1)C(=O)c1ccc(CBr)cc1. The predicted octanol–water partition coefficient (Wildman–Crippen LogP) is 2.19. The van der Waals surface area contributed by atoms with Crippen LogP contribution in [0.4, 0.5) is 0 Å². The number of benzene rings is 1. The van der Waals surface area contributed by atoms with Crippen LogP contribution in [0.15, 0.2) is 24.3 Å². The zero-order valence-electron chi connectivity index (χ0n) is 11.6. The number of ether oxygens (including phenoxy) is 1. The van der Waals surface area contributed by atoms with Crippen molar-refractivity contribution in [1.82, 2.24) is 4.90 Å². The molecule has 4 nitrogen and oxygen atoms in total. The van der Waals surface area contributed by atoms with Crippen LogP contribution in [0, 0.1) is 0 Å². The summed E-state index contributed by atoms with van der Waals surface area (Å²) in [7, 11) is 1.73. The summed E-state index contributed by atoms with van der Waals surface area (Å²) in [5.74, 6) is -0.0639. The van der Waals surface area contributed by atoms with Gasteiger partial charge in [-0.1, -0.05) is 28.1 Å². The van der Waals surface area contributed by atoms with Crippen molar-refractivity contribution in [3.8, 4) is 0 Å². The number of likely N-dealkylation sites (N-methyl/N-ethyl adjacent to an activating group) is 1. The lowest BCUT2D eigenvalue weighted by Gasteiger charge is -2.35. The number of nitrogens with zero attached hydrogens (tertiary/aromatic N) is 1. The van der Waals surface area contributed by atoms with Gasteiger partial charge >= 0.3 is 0 Å². The maximum absolute atomic E-state index is 12.3. The van der Waals surface area contributed by atoms with Crippen molar-refractivity contribution in [3.05, 3.63) is 35.4 Å². The molecule has 1 N–H and O–H groups in total. The Morgan fingerprint density at radius 3 is 2.50 bits per heavy atom. The molecule has 2 rings (SSSR count). The molecule has 110 valence electrons. The molecule has 0 atom stereocenters. The Hall–Kier alpha value is -0.910. The quantitative estimate of drug-likeness (QED) is 0.854. The van der Waals surface area contributed by atoms with Gasteiger partial charge in [0, 0.05) is 50.5 Å². The van der Waals surface area contributed by atoms with Gasteiger partial charge in [-0.2, -0.15) is 0 Å². The number of halogens is 1. The zero-order valence-corrected chi connectivity index (χ0v) is 13.2. The van der Waals surface area contributed by atoms with Crippen molar-refractivity contribution in [2.24, 2.45) is 0 Å². The summed E-state index contributed by atoms with van der Waals surface area (Å²) in [6, 6.07) is 7.50. The van der Waals surface area contributed by atoms with E-state index in [2.05, 4.69) is 15.9 Å². The van der Waals surface area contributed by atoms with Crippen molar-refractivity contribution in [3.63, 3.8) is 0 Å². The molecule has 20 heavy (non-hydrogen) atoms.